The van der Waals surface area contributed by atoms with E-state index in [1.807, 2.05) is 6.20 Å². The highest BCUT2D eigenvalue weighted by molar-refractivity contribution is 5.46. The van der Waals surface area contributed by atoms with Crippen molar-refractivity contribution >= 4 is 5.65 Å². The summed E-state index contributed by atoms with van der Waals surface area (Å²) >= 11 is 0. The number of aromatic nitrogens is 3. The molecule has 0 N–H and O–H groups in total. The Morgan fingerprint density at radius 1 is 1.19 bits per heavy atom. The summed E-state index contributed by atoms with van der Waals surface area (Å²) in [4.78, 5) is 8.71. The van der Waals surface area contributed by atoms with Crippen molar-refractivity contribution in [3.63, 3.8) is 0 Å². The van der Waals surface area contributed by atoms with E-state index >= 15 is 0 Å². The van der Waals surface area contributed by atoms with Gasteiger partial charge >= 0.3 is 0 Å². The van der Waals surface area contributed by atoms with Gasteiger partial charge in [-0.15, -0.1) is 0 Å². The van der Waals surface area contributed by atoms with Crippen LogP contribution in [0, 0.1) is 0 Å². The van der Waals surface area contributed by atoms with E-state index in [2.05, 4.69) is 42.1 Å². The molecule has 4 heteroatoms. The van der Waals surface area contributed by atoms with E-state index < -0.39 is 0 Å². The highest BCUT2D eigenvalue weighted by Crippen LogP contribution is 2.46. The minimum atomic E-state index is -0.329. The zero-order valence-electron chi connectivity index (χ0n) is 9.98. The molecule has 0 amide bonds. The van der Waals surface area contributed by atoms with Crippen LogP contribution in [0.3, 0.4) is 0 Å². The highest BCUT2D eigenvalue weighted by Gasteiger charge is 2.46. The third-order valence-corrected chi connectivity index (χ3v) is 3.08. The molecule has 0 fully saturated rings. The van der Waals surface area contributed by atoms with Crippen molar-refractivity contribution in [2.45, 2.75) is 38.9 Å². The Bertz CT molecular complexity index is 569. The van der Waals surface area contributed by atoms with Crippen LogP contribution in [0.5, 0.6) is 0 Å². The van der Waals surface area contributed by atoms with Crippen molar-refractivity contribution in [2.75, 3.05) is 0 Å². The average Bonchev–Trinajstić information content (AvgIpc) is 2.62. The fraction of sp³-hybridized carbons (Fsp3) is 0.500. The first-order valence-corrected chi connectivity index (χ1v) is 5.45. The number of hydrogen-bond acceptors (Lipinski definition) is 3. The van der Waals surface area contributed by atoms with E-state index in [-0.39, 0.29) is 11.2 Å². The summed E-state index contributed by atoms with van der Waals surface area (Å²) in [5, 5.41) is 0. The van der Waals surface area contributed by atoms with Crippen molar-refractivity contribution in [1.29, 1.82) is 0 Å². The second kappa shape index (κ2) is 2.63. The molecule has 0 aromatic carbocycles. The van der Waals surface area contributed by atoms with Crippen LogP contribution in [-0.4, -0.2) is 14.4 Å². The summed E-state index contributed by atoms with van der Waals surface area (Å²) in [6.07, 6.45) is 5.49. The van der Waals surface area contributed by atoms with Gasteiger partial charge in [-0.25, -0.2) is 4.98 Å². The molecule has 1 aliphatic rings. The Labute approximate surface area is 94.3 Å². The summed E-state index contributed by atoms with van der Waals surface area (Å²) in [6.45, 7) is 8.27. The smallest absolute Gasteiger partial charge is 0.156 e. The Kier molecular flexibility index (Phi) is 1.61. The van der Waals surface area contributed by atoms with Gasteiger partial charge in [0.15, 0.2) is 5.65 Å². The molecule has 0 unspecified atom stereocenters. The van der Waals surface area contributed by atoms with E-state index in [1.54, 1.807) is 12.4 Å². The number of fused-ring (bicyclic) bond motifs is 3. The number of hydrogen-bond donors (Lipinski definition) is 0. The predicted molar refractivity (Wildman–Crippen MR) is 60.1 cm³/mol. The lowest BCUT2D eigenvalue weighted by Gasteiger charge is -2.25. The molecule has 1 aliphatic heterocycles. The summed E-state index contributed by atoms with van der Waals surface area (Å²) in [7, 11) is 0. The van der Waals surface area contributed by atoms with Crippen LogP contribution in [-0.2, 0) is 15.9 Å². The Morgan fingerprint density at radius 3 is 2.69 bits per heavy atom. The number of nitrogens with zero attached hydrogens (tertiary/aromatic N) is 3. The van der Waals surface area contributed by atoms with Gasteiger partial charge in [-0.3, -0.25) is 9.38 Å². The van der Waals surface area contributed by atoms with Crippen LogP contribution in [0.25, 0.3) is 5.65 Å². The molecule has 0 spiro atoms. The van der Waals surface area contributed by atoms with E-state index in [0.717, 1.165) is 17.0 Å². The third kappa shape index (κ3) is 1.08. The van der Waals surface area contributed by atoms with Crippen molar-refractivity contribution in [1.82, 2.24) is 14.4 Å². The fourth-order valence-electron chi connectivity index (χ4n) is 2.64. The molecular formula is C12H15N3O. The van der Waals surface area contributed by atoms with Crippen LogP contribution >= 0.6 is 0 Å². The Hall–Kier alpha value is -1.42. The minimum absolute atomic E-state index is 0.306. The lowest BCUT2D eigenvalue weighted by atomic mass is 10.0. The second-order valence-electron chi connectivity index (χ2n) is 5.24. The monoisotopic (exact) mass is 217 g/mol. The normalized spacial score (nSPS) is 21.2. The quantitative estimate of drug-likeness (QED) is 0.679. The summed E-state index contributed by atoms with van der Waals surface area (Å²) in [5.74, 6) is 0. The van der Waals surface area contributed by atoms with Crippen LogP contribution in [0.1, 0.15) is 39.1 Å². The molecule has 3 heterocycles. The molecule has 2 aromatic heterocycles. The Balaban J connectivity index is 2.42. The largest absolute Gasteiger partial charge is 0.357 e. The summed E-state index contributed by atoms with van der Waals surface area (Å²) < 4.78 is 8.12. The van der Waals surface area contributed by atoms with Gasteiger partial charge in [0, 0.05) is 12.4 Å². The van der Waals surface area contributed by atoms with Crippen LogP contribution < -0.4 is 0 Å². The topological polar surface area (TPSA) is 39.4 Å². The zero-order chi connectivity index (χ0) is 11.6. The van der Waals surface area contributed by atoms with E-state index in [4.69, 9.17) is 4.74 Å². The van der Waals surface area contributed by atoms with E-state index in [9.17, 15) is 0 Å². The standard InChI is InChI=1S/C12H15N3O/c1-11(2)9-10(12(3,4)16-11)15-6-5-13-7-8(15)14-9/h5-7H,1-4H3. The molecule has 0 atom stereocenters. The summed E-state index contributed by atoms with van der Waals surface area (Å²) in [6, 6.07) is 0. The third-order valence-electron chi connectivity index (χ3n) is 3.08. The molecule has 16 heavy (non-hydrogen) atoms. The fourth-order valence-corrected chi connectivity index (χ4v) is 2.64. The van der Waals surface area contributed by atoms with E-state index in [0.29, 0.717) is 0 Å². The molecule has 84 valence electrons. The van der Waals surface area contributed by atoms with Gasteiger partial charge in [-0.05, 0) is 27.7 Å². The maximum Gasteiger partial charge on any atom is 0.156 e. The lowest BCUT2D eigenvalue weighted by molar-refractivity contribution is -0.108. The molecule has 3 rings (SSSR count). The molecule has 0 saturated carbocycles. The second-order valence-corrected chi connectivity index (χ2v) is 5.24. The molecule has 0 bridgehead atoms. The molecular weight excluding hydrogens is 202 g/mol. The predicted octanol–water partition coefficient (Wildman–Crippen LogP) is 2.23. The maximum atomic E-state index is 6.05. The first-order valence-electron chi connectivity index (χ1n) is 5.45. The Morgan fingerprint density at radius 2 is 1.94 bits per heavy atom. The van der Waals surface area contributed by atoms with Crippen molar-refractivity contribution < 1.29 is 4.74 Å². The highest BCUT2D eigenvalue weighted by atomic mass is 16.5. The number of rotatable bonds is 0. The van der Waals surface area contributed by atoms with Gasteiger partial charge in [0.2, 0.25) is 0 Å². The molecule has 0 saturated heterocycles. The average molecular weight is 217 g/mol. The van der Waals surface area contributed by atoms with Crippen LogP contribution in [0.2, 0.25) is 0 Å². The number of ether oxygens (including phenoxy) is 1. The SMILES string of the molecule is CC1(C)OC(C)(C)c2c1nc1cnccn21. The van der Waals surface area contributed by atoms with Gasteiger partial charge in [0.1, 0.15) is 11.2 Å². The first-order chi connectivity index (χ1) is 7.42. The van der Waals surface area contributed by atoms with Gasteiger partial charge in [0.05, 0.1) is 17.6 Å². The molecule has 2 aromatic rings. The van der Waals surface area contributed by atoms with Crippen molar-refractivity contribution in [3.05, 3.63) is 30.0 Å². The molecule has 0 aliphatic carbocycles. The summed E-state index contributed by atoms with van der Waals surface area (Å²) in [5.41, 5.74) is 2.40. The van der Waals surface area contributed by atoms with Gasteiger partial charge < -0.3 is 4.74 Å². The first kappa shape index (κ1) is 9.78. The lowest BCUT2D eigenvalue weighted by Crippen LogP contribution is -2.24. The van der Waals surface area contributed by atoms with Gasteiger partial charge in [0.25, 0.3) is 0 Å². The molecule has 0 radical (unpaired) electrons. The number of imidazole rings is 1. The van der Waals surface area contributed by atoms with Gasteiger partial charge in [-0.2, -0.15) is 0 Å². The van der Waals surface area contributed by atoms with Crippen molar-refractivity contribution in [2.24, 2.45) is 0 Å². The van der Waals surface area contributed by atoms with E-state index in [1.165, 1.54) is 0 Å². The maximum absolute atomic E-state index is 6.05. The van der Waals surface area contributed by atoms with Gasteiger partial charge in [-0.1, -0.05) is 0 Å². The van der Waals surface area contributed by atoms with Crippen molar-refractivity contribution in [3.8, 4) is 0 Å². The zero-order valence-corrected chi connectivity index (χ0v) is 9.98. The molecule has 4 nitrogen and oxygen atoms in total. The minimum Gasteiger partial charge on any atom is -0.357 e. The van der Waals surface area contributed by atoms with Crippen LogP contribution in [0.15, 0.2) is 18.6 Å². The van der Waals surface area contributed by atoms with Crippen LogP contribution in [0.4, 0.5) is 0 Å².